The number of benzene rings is 1. The molecule has 2 aromatic rings. The Labute approximate surface area is 136 Å². The van der Waals surface area contributed by atoms with E-state index in [2.05, 4.69) is 15.0 Å². The predicted molar refractivity (Wildman–Crippen MR) is 78.7 cm³/mol. The van der Waals surface area contributed by atoms with Crippen LogP contribution in [0.1, 0.15) is 35.4 Å². The third kappa shape index (κ3) is 3.01. The first kappa shape index (κ1) is 16.5. The monoisotopic (exact) mass is 339 g/mol. The van der Waals surface area contributed by atoms with Gasteiger partial charge in [-0.1, -0.05) is 12.1 Å². The summed E-state index contributed by atoms with van der Waals surface area (Å²) >= 11 is 0. The maximum atomic E-state index is 13.6. The molecule has 24 heavy (non-hydrogen) atoms. The molecule has 1 aliphatic heterocycles. The van der Waals surface area contributed by atoms with Gasteiger partial charge in [-0.15, -0.1) is 0 Å². The van der Waals surface area contributed by atoms with Crippen molar-refractivity contribution >= 4 is 5.91 Å². The molecule has 0 aliphatic carbocycles. The number of hydrogen-bond acceptors (Lipinski definition) is 4. The number of halogens is 3. The summed E-state index contributed by atoms with van der Waals surface area (Å²) in [6.07, 6.45) is 1.88. The van der Waals surface area contributed by atoms with Gasteiger partial charge in [0.15, 0.2) is 23.1 Å². The van der Waals surface area contributed by atoms with Crippen LogP contribution in [-0.4, -0.2) is 35.1 Å². The number of nitrogens with zero attached hydrogens (tertiary/aromatic N) is 2. The highest BCUT2D eigenvalue weighted by Gasteiger charge is 2.36. The summed E-state index contributed by atoms with van der Waals surface area (Å²) in [5.74, 6) is -4.41. The van der Waals surface area contributed by atoms with Gasteiger partial charge in [0.05, 0.1) is 12.1 Å². The summed E-state index contributed by atoms with van der Waals surface area (Å²) in [4.78, 5) is 14.1. The van der Waals surface area contributed by atoms with Crippen molar-refractivity contribution in [3.63, 3.8) is 0 Å². The number of nitrogens with one attached hydrogen (secondary N) is 1. The van der Waals surface area contributed by atoms with E-state index in [9.17, 15) is 18.0 Å². The van der Waals surface area contributed by atoms with E-state index in [-0.39, 0.29) is 17.3 Å². The van der Waals surface area contributed by atoms with Gasteiger partial charge in [-0.2, -0.15) is 0 Å². The first-order valence-corrected chi connectivity index (χ1v) is 7.61. The largest absolute Gasteiger partial charge is 0.364 e. The van der Waals surface area contributed by atoms with Gasteiger partial charge in [-0.05, 0) is 30.7 Å². The molecule has 1 fully saturated rings. The Morgan fingerprint density at radius 1 is 1.38 bits per heavy atom. The lowest BCUT2D eigenvalue weighted by Gasteiger charge is -2.28. The van der Waals surface area contributed by atoms with Crippen LogP contribution in [0, 0.1) is 17.5 Å². The summed E-state index contributed by atoms with van der Waals surface area (Å²) in [6, 6.07) is 2.56. The van der Waals surface area contributed by atoms with E-state index in [1.807, 2.05) is 11.8 Å². The molecule has 0 saturated carbocycles. The molecule has 2 atom stereocenters. The molecule has 1 aliphatic rings. The van der Waals surface area contributed by atoms with Gasteiger partial charge < -0.3 is 9.84 Å². The van der Waals surface area contributed by atoms with E-state index in [0.29, 0.717) is 19.5 Å². The molecule has 128 valence electrons. The SMILES string of the molecule is CCN1CC[C@H](NC(=O)c2ccon2)[C@H]1c1cc(F)c(F)c(F)c1. The number of carbonyl (C=O) groups excluding carboxylic acids is 1. The van der Waals surface area contributed by atoms with E-state index in [1.54, 1.807) is 0 Å². The molecule has 0 radical (unpaired) electrons. The summed E-state index contributed by atoms with van der Waals surface area (Å²) in [5.41, 5.74) is 0.413. The quantitative estimate of drug-likeness (QED) is 0.870. The number of carbonyl (C=O) groups is 1. The predicted octanol–water partition coefficient (Wildman–Crippen LogP) is 2.66. The van der Waals surface area contributed by atoms with Crippen LogP contribution in [0.5, 0.6) is 0 Å². The van der Waals surface area contributed by atoms with Crippen molar-refractivity contribution in [3.8, 4) is 0 Å². The van der Waals surface area contributed by atoms with Crippen LogP contribution in [0.25, 0.3) is 0 Å². The van der Waals surface area contributed by atoms with Crippen LogP contribution >= 0.6 is 0 Å². The zero-order valence-corrected chi connectivity index (χ0v) is 12.9. The van der Waals surface area contributed by atoms with E-state index in [0.717, 1.165) is 12.1 Å². The van der Waals surface area contributed by atoms with Crippen molar-refractivity contribution < 1.29 is 22.5 Å². The molecule has 1 amide bonds. The highest BCUT2D eigenvalue weighted by molar-refractivity contribution is 5.92. The van der Waals surface area contributed by atoms with E-state index in [4.69, 9.17) is 0 Å². The van der Waals surface area contributed by atoms with Gasteiger partial charge in [0.2, 0.25) is 0 Å². The van der Waals surface area contributed by atoms with Crippen molar-refractivity contribution in [1.82, 2.24) is 15.4 Å². The Bertz CT molecular complexity index is 713. The van der Waals surface area contributed by atoms with Gasteiger partial charge in [-0.3, -0.25) is 9.69 Å². The first-order valence-electron chi connectivity index (χ1n) is 7.61. The maximum absolute atomic E-state index is 13.6. The summed E-state index contributed by atoms with van der Waals surface area (Å²) in [5, 5.41) is 6.37. The second kappa shape index (κ2) is 6.64. The number of likely N-dealkylation sites (tertiary alicyclic amines) is 1. The third-order valence-corrected chi connectivity index (χ3v) is 4.24. The number of aromatic nitrogens is 1. The number of hydrogen-bond donors (Lipinski definition) is 1. The molecule has 0 bridgehead atoms. The Hall–Kier alpha value is -2.35. The fourth-order valence-corrected chi connectivity index (χ4v) is 3.12. The second-order valence-electron chi connectivity index (χ2n) is 5.63. The number of likely N-dealkylation sites (N-methyl/N-ethyl adjacent to an activating group) is 1. The van der Waals surface area contributed by atoms with E-state index < -0.39 is 29.4 Å². The molecule has 0 spiro atoms. The average molecular weight is 339 g/mol. The first-order chi connectivity index (χ1) is 11.5. The lowest BCUT2D eigenvalue weighted by Crippen LogP contribution is -2.40. The van der Waals surface area contributed by atoms with Gasteiger partial charge in [0.25, 0.3) is 5.91 Å². The van der Waals surface area contributed by atoms with Gasteiger partial charge in [0, 0.05) is 12.6 Å². The number of amides is 1. The van der Waals surface area contributed by atoms with Crippen molar-refractivity contribution in [1.29, 1.82) is 0 Å². The van der Waals surface area contributed by atoms with Crippen molar-refractivity contribution in [2.75, 3.05) is 13.1 Å². The molecule has 1 aromatic carbocycles. The van der Waals surface area contributed by atoms with Crippen molar-refractivity contribution in [3.05, 3.63) is 53.2 Å². The molecule has 1 saturated heterocycles. The van der Waals surface area contributed by atoms with Gasteiger partial charge in [0.1, 0.15) is 6.26 Å². The molecule has 3 rings (SSSR count). The molecule has 8 heteroatoms. The van der Waals surface area contributed by atoms with Crippen LogP contribution in [-0.2, 0) is 0 Å². The second-order valence-corrected chi connectivity index (χ2v) is 5.63. The molecule has 0 unspecified atom stereocenters. The van der Waals surface area contributed by atoms with Crippen LogP contribution in [0.4, 0.5) is 13.2 Å². The summed E-state index contributed by atoms with van der Waals surface area (Å²) < 4.78 is 45.0. The summed E-state index contributed by atoms with van der Waals surface area (Å²) in [7, 11) is 0. The van der Waals surface area contributed by atoms with Crippen LogP contribution < -0.4 is 5.32 Å². The fraction of sp³-hybridized carbons (Fsp3) is 0.375. The normalized spacial score (nSPS) is 21.2. The van der Waals surface area contributed by atoms with Crippen LogP contribution in [0.3, 0.4) is 0 Å². The van der Waals surface area contributed by atoms with Crippen LogP contribution in [0.15, 0.2) is 29.0 Å². The van der Waals surface area contributed by atoms with Gasteiger partial charge >= 0.3 is 0 Å². The molecular weight excluding hydrogens is 323 g/mol. The van der Waals surface area contributed by atoms with Crippen molar-refractivity contribution in [2.45, 2.75) is 25.4 Å². The lowest BCUT2D eigenvalue weighted by atomic mass is 9.99. The highest BCUT2D eigenvalue weighted by Crippen LogP contribution is 2.33. The highest BCUT2D eigenvalue weighted by atomic mass is 19.2. The smallest absolute Gasteiger partial charge is 0.273 e. The third-order valence-electron chi connectivity index (χ3n) is 4.24. The minimum absolute atomic E-state index is 0.125. The number of rotatable bonds is 4. The average Bonchev–Trinajstić information content (AvgIpc) is 3.21. The zero-order chi connectivity index (χ0) is 17.3. The van der Waals surface area contributed by atoms with E-state index in [1.165, 1.54) is 12.3 Å². The molecule has 1 N–H and O–H groups in total. The Balaban J connectivity index is 1.88. The minimum Gasteiger partial charge on any atom is -0.364 e. The molecule has 2 heterocycles. The Kier molecular flexibility index (Phi) is 4.57. The standard InChI is InChI=1S/C16H16F3N3O2/c1-2-22-5-3-12(20-16(23)13-4-6-24-21-13)15(22)9-7-10(17)14(19)11(18)8-9/h4,6-8,12,15H,2-3,5H2,1H3,(H,20,23)/t12-,15+/m0/s1. The molecule has 5 nitrogen and oxygen atoms in total. The zero-order valence-electron chi connectivity index (χ0n) is 12.9. The van der Waals surface area contributed by atoms with E-state index >= 15 is 0 Å². The fourth-order valence-electron chi connectivity index (χ4n) is 3.12. The lowest BCUT2D eigenvalue weighted by molar-refractivity contribution is 0.0916. The van der Waals surface area contributed by atoms with Gasteiger partial charge in [-0.25, -0.2) is 13.2 Å². The molecular formula is C16H16F3N3O2. The maximum Gasteiger partial charge on any atom is 0.273 e. The molecule has 1 aromatic heterocycles. The topological polar surface area (TPSA) is 58.4 Å². The Morgan fingerprint density at radius 3 is 2.67 bits per heavy atom. The van der Waals surface area contributed by atoms with Crippen LogP contribution in [0.2, 0.25) is 0 Å². The Morgan fingerprint density at radius 2 is 2.08 bits per heavy atom. The minimum atomic E-state index is -1.50. The summed E-state index contributed by atoms with van der Waals surface area (Å²) in [6.45, 7) is 3.18. The van der Waals surface area contributed by atoms with Crippen molar-refractivity contribution in [2.24, 2.45) is 0 Å².